The Morgan fingerprint density at radius 1 is 1.47 bits per heavy atom. The summed E-state index contributed by atoms with van der Waals surface area (Å²) in [7, 11) is 0. The molecular weight excluding hydrogens is 248 g/mol. The van der Waals surface area contributed by atoms with E-state index in [-0.39, 0.29) is 6.04 Å². The predicted molar refractivity (Wildman–Crippen MR) is 68.2 cm³/mol. The molecule has 5 heteroatoms. The zero-order chi connectivity index (χ0) is 10.8. The molecular formula is C10H11ClN2S2. The van der Waals surface area contributed by atoms with E-state index in [1.54, 1.807) is 22.7 Å². The molecule has 1 unspecified atom stereocenters. The number of thiazole rings is 1. The van der Waals surface area contributed by atoms with E-state index in [2.05, 4.69) is 17.2 Å². The van der Waals surface area contributed by atoms with Gasteiger partial charge in [0.15, 0.2) is 5.13 Å². The van der Waals surface area contributed by atoms with Gasteiger partial charge in [-0.2, -0.15) is 0 Å². The maximum Gasteiger partial charge on any atom is 0.183 e. The van der Waals surface area contributed by atoms with Crippen LogP contribution in [0.1, 0.15) is 23.5 Å². The molecule has 0 amide bonds. The molecule has 0 fully saturated rings. The van der Waals surface area contributed by atoms with Gasteiger partial charge < -0.3 is 5.32 Å². The van der Waals surface area contributed by atoms with Crippen LogP contribution in [0.5, 0.6) is 0 Å². The van der Waals surface area contributed by atoms with Gasteiger partial charge in [0, 0.05) is 10.3 Å². The number of hydrogen-bond acceptors (Lipinski definition) is 4. The van der Waals surface area contributed by atoms with Crippen molar-refractivity contribution in [3.05, 3.63) is 32.4 Å². The van der Waals surface area contributed by atoms with Gasteiger partial charge in [0.05, 0.1) is 16.1 Å². The number of thiophene rings is 1. The zero-order valence-corrected chi connectivity index (χ0v) is 10.8. The molecule has 1 N–H and O–H groups in total. The first-order valence-electron chi connectivity index (χ1n) is 4.59. The van der Waals surface area contributed by atoms with Gasteiger partial charge in [-0.05, 0) is 26.0 Å². The minimum absolute atomic E-state index is 0.257. The summed E-state index contributed by atoms with van der Waals surface area (Å²) < 4.78 is 0.828. The minimum Gasteiger partial charge on any atom is -0.354 e. The van der Waals surface area contributed by atoms with Gasteiger partial charge in [0.1, 0.15) is 0 Å². The fourth-order valence-electron chi connectivity index (χ4n) is 1.24. The number of aryl methyl sites for hydroxylation is 1. The number of nitrogens with zero attached hydrogens (tertiary/aromatic N) is 1. The Bertz CT molecular complexity index is 450. The topological polar surface area (TPSA) is 24.9 Å². The average molecular weight is 259 g/mol. The average Bonchev–Trinajstić information content (AvgIpc) is 2.75. The molecule has 0 radical (unpaired) electrons. The molecule has 0 aliphatic rings. The van der Waals surface area contributed by atoms with Crippen LogP contribution in [0.2, 0.25) is 4.34 Å². The van der Waals surface area contributed by atoms with Crippen molar-refractivity contribution in [1.82, 2.24) is 4.98 Å². The van der Waals surface area contributed by atoms with Crippen LogP contribution in [0.15, 0.2) is 17.5 Å². The molecule has 2 rings (SSSR count). The van der Waals surface area contributed by atoms with Gasteiger partial charge in [0.25, 0.3) is 0 Å². The largest absolute Gasteiger partial charge is 0.354 e. The van der Waals surface area contributed by atoms with Crippen molar-refractivity contribution >= 4 is 39.4 Å². The van der Waals surface area contributed by atoms with Crippen LogP contribution >= 0.6 is 34.3 Å². The van der Waals surface area contributed by atoms with E-state index >= 15 is 0 Å². The molecule has 15 heavy (non-hydrogen) atoms. The highest BCUT2D eigenvalue weighted by Gasteiger charge is 2.09. The lowest BCUT2D eigenvalue weighted by Crippen LogP contribution is -2.04. The molecule has 2 aromatic heterocycles. The monoisotopic (exact) mass is 258 g/mol. The summed E-state index contributed by atoms with van der Waals surface area (Å²) in [5.41, 5.74) is 1.05. The third-order valence-electron chi connectivity index (χ3n) is 1.98. The predicted octanol–water partition coefficient (Wildman–Crippen LogP) is 4.34. The molecule has 0 spiro atoms. The quantitative estimate of drug-likeness (QED) is 0.886. The highest BCUT2D eigenvalue weighted by molar-refractivity contribution is 7.16. The number of aromatic nitrogens is 1. The van der Waals surface area contributed by atoms with Crippen LogP contribution in [-0.4, -0.2) is 4.98 Å². The van der Waals surface area contributed by atoms with Crippen molar-refractivity contribution in [1.29, 1.82) is 0 Å². The molecule has 2 nitrogen and oxygen atoms in total. The van der Waals surface area contributed by atoms with E-state index in [9.17, 15) is 0 Å². The third-order valence-corrected chi connectivity index (χ3v) is 4.28. The Kier molecular flexibility index (Phi) is 3.29. The molecule has 0 aliphatic carbocycles. The fourth-order valence-corrected chi connectivity index (χ4v) is 3.08. The smallest absolute Gasteiger partial charge is 0.183 e. The minimum atomic E-state index is 0.257. The first kappa shape index (κ1) is 10.9. The second-order valence-electron chi connectivity index (χ2n) is 3.30. The van der Waals surface area contributed by atoms with Gasteiger partial charge in [-0.25, -0.2) is 4.98 Å². The van der Waals surface area contributed by atoms with Gasteiger partial charge in [-0.1, -0.05) is 11.6 Å². The summed E-state index contributed by atoms with van der Waals surface area (Å²) in [6.07, 6.45) is 0. The molecule has 0 aromatic carbocycles. The van der Waals surface area contributed by atoms with Crippen LogP contribution in [0.25, 0.3) is 0 Å². The normalized spacial score (nSPS) is 12.7. The van der Waals surface area contributed by atoms with E-state index < -0.39 is 0 Å². The zero-order valence-electron chi connectivity index (χ0n) is 8.45. The van der Waals surface area contributed by atoms with E-state index in [0.29, 0.717) is 0 Å². The molecule has 2 aromatic rings. The maximum atomic E-state index is 5.89. The summed E-state index contributed by atoms with van der Waals surface area (Å²) in [5.74, 6) is 0. The van der Waals surface area contributed by atoms with E-state index in [4.69, 9.17) is 11.6 Å². The third kappa shape index (κ3) is 2.71. The molecule has 80 valence electrons. The second-order valence-corrected chi connectivity index (χ2v) is 5.91. The molecule has 0 aliphatic heterocycles. The Hall–Kier alpha value is -0.580. The molecule has 2 heterocycles. The van der Waals surface area contributed by atoms with Crippen molar-refractivity contribution in [2.45, 2.75) is 19.9 Å². The summed E-state index contributed by atoms with van der Waals surface area (Å²) in [6.45, 7) is 4.10. The van der Waals surface area contributed by atoms with Crippen molar-refractivity contribution in [3.8, 4) is 0 Å². The van der Waals surface area contributed by atoms with Crippen LogP contribution in [-0.2, 0) is 0 Å². The van der Waals surface area contributed by atoms with Crippen LogP contribution < -0.4 is 5.32 Å². The molecule has 0 saturated heterocycles. The van der Waals surface area contributed by atoms with Crippen molar-refractivity contribution < 1.29 is 0 Å². The Morgan fingerprint density at radius 3 is 2.80 bits per heavy atom. The lowest BCUT2D eigenvalue weighted by molar-refractivity contribution is 0.903. The Balaban J connectivity index is 2.06. The standard InChI is InChI=1S/C10H11ClN2S2/c1-6-5-14-10(12-6)13-7(2)8-3-4-9(11)15-8/h3-5,7H,1-2H3,(H,12,13). The molecule has 1 atom stereocenters. The molecule has 0 saturated carbocycles. The SMILES string of the molecule is Cc1csc(NC(C)c2ccc(Cl)s2)n1. The van der Waals surface area contributed by atoms with E-state index in [0.717, 1.165) is 15.2 Å². The van der Waals surface area contributed by atoms with Gasteiger partial charge in [-0.15, -0.1) is 22.7 Å². The van der Waals surface area contributed by atoms with Crippen LogP contribution in [0.3, 0.4) is 0 Å². The van der Waals surface area contributed by atoms with E-state index in [1.165, 1.54) is 4.88 Å². The van der Waals surface area contributed by atoms with Gasteiger partial charge >= 0.3 is 0 Å². The van der Waals surface area contributed by atoms with Crippen LogP contribution in [0.4, 0.5) is 5.13 Å². The lowest BCUT2D eigenvalue weighted by atomic mass is 10.3. The van der Waals surface area contributed by atoms with Gasteiger partial charge in [0.2, 0.25) is 0 Å². The number of rotatable bonds is 3. The Labute approximate surface area is 102 Å². The molecule has 0 bridgehead atoms. The summed E-state index contributed by atoms with van der Waals surface area (Å²) in [4.78, 5) is 5.59. The van der Waals surface area contributed by atoms with E-state index in [1.807, 2.05) is 24.4 Å². The highest BCUT2D eigenvalue weighted by atomic mass is 35.5. The van der Waals surface area contributed by atoms with Crippen LogP contribution in [0, 0.1) is 6.92 Å². The first-order chi connectivity index (χ1) is 7.15. The number of halogens is 1. The summed E-state index contributed by atoms with van der Waals surface area (Å²) in [6, 6.07) is 4.23. The second kappa shape index (κ2) is 4.51. The van der Waals surface area contributed by atoms with Gasteiger partial charge in [-0.3, -0.25) is 0 Å². The van der Waals surface area contributed by atoms with Crippen molar-refractivity contribution in [3.63, 3.8) is 0 Å². The Morgan fingerprint density at radius 2 is 2.27 bits per heavy atom. The summed E-state index contributed by atoms with van der Waals surface area (Å²) >= 11 is 9.12. The van der Waals surface area contributed by atoms with Crippen molar-refractivity contribution in [2.24, 2.45) is 0 Å². The first-order valence-corrected chi connectivity index (χ1v) is 6.66. The summed E-state index contributed by atoms with van der Waals surface area (Å²) in [5, 5.41) is 6.35. The maximum absolute atomic E-state index is 5.89. The number of nitrogens with one attached hydrogen (secondary N) is 1. The number of hydrogen-bond donors (Lipinski definition) is 1. The van der Waals surface area contributed by atoms with Crippen molar-refractivity contribution in [2.75, 3.05) is 5.32 Å². The number of anilines is 1. The fraction of sp³-hybridized carbons (Fsp3) is 0.300. The lowest BCUT2D eigenvalue weighted by Gasteiger charge is -2.10. The highest BCUT2D eigenvalue weighted by Crippen LogP contribution is 2.29.